The molecule has 0 aromatic heterocycles. The highest BCUT2D eigenvalue weighted by molar-refractivity contribution is 8.05. The van der Waals surface area contributed by atoms with E-state index < -0.39 is 11.2 Å². The van der Waals surface area contributed by atoms with E-state index >= 15 is 0 Å². The Bertz CT molecular complexity index is 1210. The second-order valence-electron chi connectivity index (χ2n) is 7.06. The molecule has 1 aliphatic rings. The maximum Gasteiger partial charge on any atom is 0.269 e. The number of nitrogens with zero attached hydrogens (tertiary/aromatic N) is 2. The largest absolute Gasteiger partial charge is 0.321 e. The van der Waals surface area contributed by atoms with E-state index in [2.05, 4.69) is 5.32 Å². The molecular weight excluding hydrogens is 442 g/mol. The number of hydrogen-bond donors (Lipinski definition) is 1. The predicted octanol–water partition coefficient (Wildman–Crippen LogP) is 5.40. The van der Waals surface area contributed by atoms with Gasteiger partial charge in [0.15, 0.2) is 0 Å². The average Bonchev–Trinajstić information content (AvgIpc) is 3.12. The molecule has 1 saturated heterocycles. The van der Waals surface area contributed by atoms with Gasteiger partial charge >= 0.3 is 0 Å². The van der Waals surface area contributed by atoms with Gasteiger partial charge < -0.3 is 5.32 Å². The van der Waals surface area contributed by atoms with Gasteiger partial charge in [0, 0.05) is 16.4 Å². The van der Waals surface area contributed by atoms with Crippen molar-refractivity contribution in [2.75, 3.05) is 10.2 Å². The van der Waals surface area contributed by atoms with Crippen LogP contribution in [0.1, 0.15) is 5.56 Å². The Labute approximate surface area is 195 Å². The molecule has 7 heteroatoms. The summed E-state index contributed by atoms with van der Waals surface area (Å²) < 4.78 is 0. The van der Waals surface area contributed by atoms with Crippen molar-refractivity contribution >= 4 is 46.6 Å². The van der Waals surface area contributed by atoms with Crippen molar-refractivity contribution in [3.05, 3.63) is 106 Å². The number of halogens is 1. The minimum absolute atomic E-state index is 0.113. The fraction of sp³-hybridized carbons (Fsp3) is 0.0800. The van der Waals surface area contributed by atoms with Gasteiger partial charge in [-0.05, 0) is 48.4 Å². The molecule has 1 aliphatic heterocycles. The Hall–Kier alpha value is -3.53. The second-order valence-corrected chi connectivity index (χ2v) is 8.69. The summed E-state index contributed by atoms with van der Waals surface area (Å²) in [6.45, 7) is 0. The zero-order valence-corrected chi connectivity index (χ0v) is 18.4. The molecule has 1 atom stereocenters. The van der Waals surface area contributed by atoms with Crippen LogP contribution in [0.25, 0.3) is 0 Å². The summed E-state index contributed by atoms with van der Waals surface area (Å²) >= 11 is 7.25. The number of thioether (sulfide) groups is 1. The Balaban J connectivity index is 1.73. The van der Waals surface area contributed by atoms with Crippen LogP contribution >= 0.6 is 23.4 Å². The van der Waals surface area contributed by atoms with Crippen LogP contribution in [0.2, 0.25) is 5.02 Å². The molecule has 32 heavy (non-hydrogen) atoms. The standard InChI is InChI=1S/C25H18ClN3O2S/c26-18-11-13-20(14-12-18)29-24(31)22(15-17-7-3-1-4-8-17)32-25(29)21(16-27)23(30)28-19-9-5-2-6-10-19/h1-14,22H,15H2,(H,28,30)/b25-21-/t22-/m1/s1. The van der Waals surface area contributed by atoms with Crippen LogP contribution in [0.15, 0.2) is 95.5 Å². The van der Waals surface area contributed by atoms with E-state index in [0.29, 0.717) is 27.8 Å². The first-order valence-corrected chi connectivity index (χ1v) is 11.1. The highest BCUT2D eigenvalue weighted by Gasteiger charge is 2.40. The van der Waals surface area contributed by atoms with Crippen LogP contribution in [0, 0.1) is 11.3 Å². The maximum absolute atomic E-state index is 13.4. The predicted molar refractivity (Wildman–Crippen MR) is 128 cm³/mol. The maximum atomic E-state index is 13.4. The molecule has 3 aromatic carbocycles. The number of carbonyl (C=O) groups excluding carboxylic acids is 2. The number of carbonyl (C=O) groups is 2. The van der Waals surface area contributed by atoms with Crippen molar-refractivity contribution in [2.24, 2.45) is 0 Å². The highest BCUT2D eigenvalue weighted by Crippen LogP contribution is 2.42. The van der Waals surface area contributed by atoms with Crippen molar-refractivity contribution in [1.29, 1.82) is 5.26 Å². The van der Waals surface area contributed by atoms with Gasteiger partial charge in [-0.3, -0.25) is 14.5 Å². The summed E-state index contributed by atoms with van der Waals surface area (Å²) in [5.41, 5.74) is 2.01. The van der Waals surface area contributed by atoms with Crippen molar-refractivity contribution < 1.29 is 9.59 Å². The molecule has 0 saturated carbocycles. The zero-order chi connectivity index (χ0) is 22.5. The molecule has 0 unspecified atom stereocenters. The van der Waals surface area contributed by atoms with E-state index in [1.807, 2.05) is 42.5 Å². The van der Waals surface area contributed by atoms with Gasteiger partial charge in [-0.2, -0.15) is 5.26 Å². The Kier molecular flexibility index (Phi) is 6.60. The Morgan fingerprint density at radius 1 is 1.00 bits per heavy atom. The lowest BCUT2D eigenvalue weighted by Gasteiger charge is -2.18. The highest BCUT2D eigenvalue weighted by atomic mass is 35.5. The number of rotatable bonds is 5. The molecule has 4 rings (SSSR count). The first-order chi connectivity index (χ1) is 15.6. The molecule has 0 radical (unpaired) electrons. The third-order valence-corrected chi connectivity index (χ3v) is 6.40. The summed E-state index contributed by atoms with van der Waals surface area (Å²) in [6.07, 6.45) is 0.483. The number of anilines is 2. The molecule has 1 fully saturated rings. The topological polar surface area (TPSA) is 73.2 Å². The molecule has 3 aromatic rings. The second kappa shape index (κ2) is 9.73. The Morgan fingerprint density at radius 3 is 2.25 bits per heavy atom. The lowest BCUT2D eigenvalue weighted by atomic mass is 10.1. The average molecular weight is 460 g/mol. The van der Waals surface area contributed by atoms with E-state index in [1.165, 1.54) is 16.7 Å². The first kappa shape index (κ1) is 21.7. The van der Waals surface area contributed by atoms with E-state index in [1.54, 1.807) is 48.5 Å². The number of amides is 2. The van der Waals surface area contributed by atoms with Crippen LogP contribution in [0.4, 0.5) is 11.4 Å². The number of nitriles is 1. The minimum atomic E-state index is -0.562. The van der Waals surface area contributed by atoms with Crippen molar-refractivity contribution in [1.82, 2.24) is 0 Å². The molecule has 5 nitrogen and oxygen atoms in total. The molecule has 0 spiro atoms. The SMILES string of the molecule is N#C/C(C(=O)Nc1ccccc1)=C1/S[C@H](Cc2ccccc2)C(=O)N1c1ccc(Cl)cc1. The van der Waals surface area contributed by atoms with Crippen LogP contribution in [-0.4, -0.2) is 17.1 Å². The van der Waals surface area contributed by atoms with Crippen molar-refractivity contribution in [2.45, 2.75) is 11.7 Å². The first-order valence-electron chi connectivity index (χ1n) is 9.87. The van der Waals surface area contributed by atoms with Gasteiger partial charge in [0.2, 0.25) is 5.91 Å². The molecule has 2 amide bonds. The number of benzene rings is 3. The number of nitrogens with one attached hydrogen (secondary N) is 1. The van der Waals surface area contributed by atoms with Crippen LogP contribution in [0.3, 0.4) is 0 Å². The van der Waals surface area contributed by atoms with Gasteiger partial charge in [0.25, 0.3) is 5.91 Å². The van der Waals surface area contributed by atoms with E-state index in [4.69, 9.17) is 11.6 Å². The fourth-order valence-electron chi connectivity index (χ4n) is 3.36. The summed E-state index contributed by atoms with van der Waals surface area (Å²) in [7, 11) is 0. The minimum Gasteiger partial charge on any atom is -0.321 e. The summed E-state index contributed by atoms with van der Waals surface area (Å²) in [6, 6.07) is 27.3. The van der Waals surface area contributed by atoms with E-state index in [-0.39, 0.29) is 11.5 Å². The normalized spacial score (nSPS) is 17.1. The van der Waals surface area contributed by atoms with Gasteiger partial charge in [-0.15, -0.1) is 0 Å². The van der Waals surface area contributed by atoms with Crippen LogP contribution in [-0.2, 0) is 16.0 Å². The lowest BCUT2D eigenvalue weighted by molar-refractivity contribution is -0.117. The van der Waals surface area contributed by atoms with Gasteiger partial charge in [-0.1, -0.05) is 71.9 Å². The quantitative estimate of drug-likeness (QED) is 0.409. The molecule has 1 heterocycles. The summed E-state index contributed by atoms with van der Waals surface area (Å²) in [5, 5.41) is 13.0. The summed E-state index contributed by atoms with van der Waals surface area (Å²) in [4.78, 5) is 27.8. The Morgan fingerprint density at radius 2 is 1.62 bits per heavy atom. The third-order valence-electron chi connectivity index (χ3n) is 4.89. The summed E-state index contributed by atoms with van der Waals surface area (Å²) in [5.74, 6) is -0.746. The third kappa shape index (κ3) is 4.70. The zero-order valence-electron chi connectivity index (χ0n) is 16.9. The van der Waals surface area contributed by atoms with Crippen LogP contribution in [0.5, 0.6) is 0 Å². The fourth-order valence-corrected chi connectivity index (χ4v) is 4.79. The molecule has 0 bridgehead atoms. The van der Waals surface area contributed by atoms with Crippen LogP contribution < -0.4 is 10.2 Å². The van der Waals surface area contributed by atoms with Gasteiger partial charge in [-0.25, -0.2) is 0 Å². The molecular formula is C25H18ClN3O2S. The van der Waals surface area contributed by atoms with E-state index in [9.17, 15) is 14.9 Å². The van der Waals surface area contributed by atoms with Crippen molar-refractivity contribution in [3.63, 3.8) is 0 Å². The smallest absolute Gasteiger partial charge is 0.269 e. The number of hydrogen-bond acceptors (Lipinski definition) is 4. The monoisotopic (exact) mass is 459 g/mol. The number of para-hydroxylation sites is 1. The molecule has 0 aliphatic carbocycles. The van der Waals surface area contributed by atoms with Crippen molar-refractivity contribution in [3.8, 4) is 6.07 Å². The van der Waals surface area contributed by atoms with Gasteiger partial charge in [0.1, 0.15) is 16.7 Å². The lowest BCUT2D eigenvalue weighted by Crippen LogP contribution is -2.30. The molecule has 158 valence electrons. The van der Waals surface area contributed by atoms with E-state index in [0.717, 1.165) is 5.56 Å². The van der Waals surface area contributed by atoms with Gasteiger partial charge in [0.05, 0.1) is 5.25 Å². The molecule has 1 N–H and O–H groups in total.